The molecule has 3 heterocycles. The summed E-state index contributed by atoms with van der Waals surface area (Å²) in [5, 5.41) is 12.4. The third-order valence-electron chi connectivity index (χ3n) is 7.11. The number of hydrogen-bond donors (Lipinski definition) is 1. The highest BCUT2D eigenvalue weighted by Crippen LogP contribution is 2.45. The standard InChI is InChI=1S/C32H27N3O3S2/c1-17(2)21-13-14-23-24(16-21)39-32(34-23)35-26(22-12-8-9-18(3)15-22)25(28(37)31(35)38)27(36)29-19(4)33-30(40-29)20-10-6-5-7-11-20/h5-17,26,37H,1-4H3. The van der Waals surface area contributed by atoms with E-state index in [9.17, 15) is 14.7 Å². The Morgan fingerprint density at radius 3 is 2.45 bits per heavy atom. The molecular formula is C32H27N3O3S2. The summed E-state index contributed by atoms with van der Waals surface area (Å²) in [6.07, 6.45) is 0. The van der Waals surface area contributed by atoms with Crippen LogP contribution in [0.5, 0.6) is 0 Å². The minimum Gasteiger partial charge on any atom is -0.503 e. The lowest BCUT2D eigenvalue weighted by molar-refractivity contribution is -0.117. The van der Waals surface area contributed by atoms with Crippen LogP contribution in [0.2, 0.25) is 0 Å². The second-order valence-corrected chi connectivity index (χ2v) is 12.3. The third-order valence-corrected chi connectivity index (χ3v) is 9.33. The molecule has 0 fully saturated rings. The lowest BCUT2D eigenvalue weighted by atomic mass is 9.94. The van der Waals surface area contributed by atoms with Gasteiger partial charge in [-0.2, -0.15) is 0 Å². The molecule has 0 bridgehead atoms. The number of hydrogen-bond acceptors (Lipinski definition) is 7. The van der Waals surface area contributed by atoms with Crippen molar-refractivity contribution in [2.75, 3.05) is 4.90 Å². The molecule has 0 spiro atoms. The first-order valence-electron chi connectivity index (χ1n) is 13.0. The van der Waals surface area contributed by atoms with Crippen molar-refractivity contribution in [2.24, 2.45) is 0 Å². The average Bonchev–Trinajstić information content (AvgIpc) is 3.62. The number of carbonyl (C=O) groups is 2. The van der Waals surface area contributed by atoms with Crippen LogP contribution < -0.4 is 4.90 Å². The number of ketones is 1. The summed E-state index contributed by atoms with van der Waals surface area (Å²) in [4.78, 5) is 39.1. The Bertz CT molecular complexity index is 1820. The number of nitrogens with zero attached hydrogens (tertiary/aromatic N) is 3. The van der Waals surface area contributed by atoms with Crippen LogP contribution >= 0.6 is 22.7 Å². The number of aliphatic hydroxyl groups excluding tert-OH is 1. The van der Waals surface area contributed by atoms with E-state index in [2.05, 4.69) is 24.9 Å². The Kier molecular flexibility index (Phi) is 6.60. The van der Waals surface area contributed by atoms with Crippen LogP contribution in [0.25, 0.3) is 20.8 Å². The Morgan fingerprint density at radius 1 is 0.950 bits per heavy atom. The van der Waals surface area contributed by atoms with E-state index in [1.54, 1.807) is 6.92 Å². The first-order valence-corrected chi connectivity index (χ1v) is 14.7. The summed E-state index contributed by atoms with van der Waals surface area (Å²) in [5.41, 5.74) is 5.17. The van der Waals surface area contributed by atoms with Crippen molar-refractivity contribution in [2.45, 2.75) is 39.7 Å². The summed E-state index contributed by atoms with van der Waals surface area (Å²) < 4.78 is 0.946. The van der Waals surface area contributed by atoms with Crippen LogP contribution in [-0.2, 0) is 4.79 Å². The van der Waals surface area contributed by atoms with Crippen molar-refractivity contribution >= 4 is 49.7 Å². The first kappa shape index (κ1) is 26.1. The van der Waals surface area contributed by atoms with E-state index in [1.165, 1.54) is 33.1 Å². The zero-order valence-electron chi connectivity index (χ0n) is 22.5. The van der Waals surface area contributed by atoms with E-state index in [1.807, 2.05) is 73.7 Å². The lowest BCUT2D eigenvalue weighted by Gasteiger charge is -2.24. The number of aliphatic hydroxyl groups is 1. The molecule has 2 aromatic heterocycles. The van der Waals surface area contributed by atoms with Crippen LogP contribution in [0.15, 0.2) is 84.1 Å². The number of benzene rings is 3. The first-order chi connectivity index (χ1) is 19.2. The molecule has 40 heavy (non-hydrogen) atoms. The van der Waals surface area contributed by atoms with E-state index < -0.39 is 23.5 Å². The Morgan fingerprint density at radius 2 is 1.73 bits per heavy atom. The van der Waals surface area contributed by atoms with Gasteiger partial charge in [-0.15, -0.1) is 11.3 Å². The molecule has 1 unspecified atom stereocenters. The second kappa shape index (κ2) is 10.1. The third kappa shape index (κ3) is 4.43. The summed E-state index contributed by atoms with van der Waals surface area (Å²) in [5.74, 6) is -1.24. The molecule has 1 atom stereocenters. The molecule has 200 valence electrons. The van der Waals surface area contributed by atoms with Crippen molar-refractivity contribution in [3.05, 3.63) is 111 Å². The number of rotatable bonds is 6. The number of aryl methyl sites for hydroxylation is 2. The maximum absolute atomic E-state index is 14.2. The molecule has 1 aliphatic heterocycles. The van der Waals surface area contributed by atoms with Gasteiger partial charge in [-0.25, -0.2) is 9.97 Å². The lowest BCUT2D eigenvalue weighted by Crippen LogP contribution is -2.31. The molecule has 5 aromatic rings. The highest BCUT2D eigenvalue weighted by atomic mass is 32.1. The molecule has 1 aliphatic rings. The largest absolute Gasteiger partial charge is 0.503 e. The smallest absolute Gasteiger partial charge is 0.296 e. The van der Waals surface area contributed by atoms with Gasteiger partial charge in [0.2, 0.25) is 5.78 Å². The molecule has 6 nitrogen and oxygen atoms in total. The summed E-state index contributed by atoms with van der Waals surface area (Å²) in [6.45, 7) is 8.00. The highest BCUT2D eigenvalue weighted by Gasteiger charge is 2.46. The van der Waals surface area contributed by atoms with E-state index in [0.29, 0.717) is 26.6 Å². The van der Waals surface area contributed by atoms with E-state index in [4.69, 9.17) is 4.98 Å². The van der Waals surface area contributed by atoms with Gasteiger partial charge >= 0.3 is 0 Å². The number of Topliss-reactive ketones (excluding diaryl/α,β-unsaturated/α-hetero) is 1. The average molecular weight is 566 g/mol. The minimum atomic E-state index is -0.827. The number of carbonyl (C=O) groups excluding carboxylic acids is 2. The molecule has 1 amide bonds. The molecule has 0 saturated carbocycles. The molecule has 0 saturated heterocycles. The molecule has 3 aromatic carbocycles. The van der Waals surface area contributed by atoms with Gasteiger partial charge < -0.3 is 5.11 Å². The highest BCUT2D eigenvalue weighted by molar-refractivity contribution is 7.22. The fraction of sp³-hybridized carbons (Fsp3) is 0.188. The van der Waals surface area contributed by atoms with E-state index in [0.717, 1.165) is 26.9 Å². The van der Waals surface area contributed by atoms with Crippen molar-refractivity contribution in [1.29, 1.82) is 0 Å². The summed E-state index contributed by atoms with van der Waals surface area (Å²) >= 11 is 2.65. The Labute approximate surface area is 240 Å². The SMILES string of the molecule is Cc1cccc(C2C(C(=O)c3sc(-c4ccccc4)nc3C)=C(O)C(=O)N2c2nc3ccc(C(C)C)cc3s2)c1. The number of anilines is 1. The van der Waals surface area contributed by atoms with Gasteiger partial charge in [-0.1, -0.05) is 91.4 Å². The summed E-state index contributed by atoms with van der Waals surface area (Å²) in [7, 11) is 0. The van der Waals surface area contributed by atoms with Crippen LogP contribution in [0.3, 0.4) is 0 Å². The van der Waals surface area contributed by atoms with E-state index in [-0.39, 0.29) is 5.57 Å². The van der Waals surface area contributed by atoms with Gasteiger partial charge in [0.05, 0.1) is 32.4 Å². The number of fused-ring (bicyclic) bond motifs is 1. The van der Waals surface area contributed by atoms with Crippen LogP contribution in [-0.4, -0.2) is 26.8 Å². The molecule has 0 radical (unpaired) electrons. The van der Waals surface area contributed by atoms with Crippen molar-refractivity contribution in [1.82, 2.24) is 9.97 Å². The number of thiazole rings is 2. The fourth-order valence-electron chi connectivity index (χ4n) is 5.01. The predicted octanol–water partition coefficient (Wildman–Crippen LogP) is 7.94. The maximum Gasteiger partial charge on any atom is 0.296 e. The topological polar surface area (TPSA) is 83.4 Å². The van der Waals surface area contributed by atoms with Crippen molar-refractivity contribution in [3.8, 4) is 10.6 Å². The van der Waals surface area contributed by atoms with E-state index >= 15 is 0 Å². The number of aromatic nitrogens is 2. The monoisotopic (exact) mass is 565 g/mol. The summed E-state index contributed by atoms with van der Waals surface area (Å²) in [6, 6.07) is 22.6. The van der Waals surface area contributed by atoms with Crippen LogP contribution in [0, 0.1) is 13.8 Å². The molecule has 6 rings (SSSR count). The van der Waals surface area contributed by atoms with Crippen LogP contribution in [0.1, 0.15) is 57.9 Å². The van der Waals surface area contributed by atoms with Crippen molar-refractivity contribution < 1.29 is 14.7 Å². The molecule has 8 heteroatoms. The van der Waals surface area contributed by atoms with Crippen molar-refractivity contribution in [3.63, 3.8) is 0 Å². The molecule has 0 aliphatic carbocycles. The minimum absolute atomic E-state index is 0.0455. The van der Waals surface area contributed by atoms with Gasteiger partial charge in [0.25, 0.3) is 5.91 Å². The second-order valence-electron chi connectivity index (χ2n) is 10.3. The Hall–Kier alpha value is -4.14. The van der Waals surface area contributed by atoms with Gasteiger partial charge in [0.1, 0.15) is 5.01 Å². The molecule has 1 N–H and O–H groups in total. The van der Waals surface area contributed by atoms with Gasteiger partial charge in [-0.05, 0) is 43.0 Å². The van der Waals surface area contributed by atoms with Gasteiger partial charge in [-0.3, -0.25) is 14.5 Å². The zero-order valence-corrected chi connectivity index (χ0v) is 24.1. The molecular weight excluding hydrogens is 539 g/mol. The zero-order chi connectivity index (χ0) is 28.1. The van der Waals surface area contributed by atoms with Gasteiger partial charge in [0.15, 0.2) is 10.9 Å². The Balaban J connectivity index is 1.48. The quantitative estimate of drug-likeness (QED) is 0.211. The van der Waals surface area contributed by atoms with Crippen LogP contribution in [0.4, 0.5) is 5.13 Å². The van der Waals surface area contributed by atoms with Gasteiger partial charge in [0, 0.05) is 5.56 Å². The fourth-order valence-corrected chi connectivity index (χ4v) is 7.08. The normalized spacial score (nSPS) is 15.6. The maximum atomic E-state index is 14.2. The predicted molar refractivity (Wildman–Crippen MR) is 161 cm³/mol. The number of amides is 1.